The van der Waals surface area contributed by atoms with Gasteiger partial charge in [-0.25, -0.2) is 9.97 Å². The first-order valence-corrected chi connectivity index (χ1v) is 6.11. The Morgan fingerprint density at radius 1 is 1.38 bits per heavy atom. The molecule has 3 nitrogen and oxygen atoms in total. The molecule has 0 aliphatic heterocycles. The van der Waals surface area contributed by atoms with Gasteiger partial charge in [-0.05, 0) is 47.2 Å². The first-order valence-electron chi connectivity index (χ1n) is 4.65. The van der Waals surface area contributed by atoms with Crippen molar-refractivity contribution in [2.24, 2.45) is 0 Å². The molecule has 5 heteroatoms. The van der Waals surface area contributed by atoms with Crippen LogP contribution in [0.25, 0.3) is 0 Å². The fraction of sp³-hybridized carbons (Fsp3) is 0.0909. The number of rotatable bonds is 2. The zero-order valence-electron chi connectivity index (χ0n) is 8.54. The van der Waals surface area contributed by atoms with Gasteiger partial charge in [0.25, 0.3) is 0 Å². The lowest BCUT2D eigenvalue weighted by Gasteiger charge is -2.08. The monoisotopic (exact) mass is 345 g/mol. The van der Waals surface area contributed by atoms with Crippen LogP contribution in [-0.4, -0.2) is 9.97 Å². The number of nitrogens with one attached hydrogen (secondary N) is 1. The highest BCUT2D eigenvalue weighted by atomic mass is 127. The van der Waals surface area contributed by atoms with Crippen molar-refractivity contribution in [3.63, 3.8) is 0 Å². The van der Waals surface area contributed by atoms with E-state index < -0.39 is 0 Å². The third-order valence-electron chi connectivity index (χ3n) is 2.10. The standard InChI is InChI=1S/C11H9ClIN3/c1-7-2-3-8(4-9(7)12)16-11-10(13)5-14-6-15-11/h2-6H,1H3,(H,14,15,16). The Morgan fingerprint density at radius 2 is 2.19 bits per heavy atom. The summed E-state index contributed by atoms with van der Waals surface area (Å²) in [5, 5.41) is 3.94. The van der Waals surface area contributed by atoms with E-state index >= 15 is 0 Å². The average Bonchev–Trinajstić information content (AvgIpc) is 2.27. The maximum atomic E-state index is 6.05. The molecule has 82 valence electrons. The minimum atomic E-state index is 0.745. The molecule has 2 rings (SSSR count). The molecule has 0 fully saturated rings. The van der Waals surface area contributed by atoms with Crippen LogP contribution in [0.15, 0.2) is 30.7 Å². The Hall–Kier alpha value is -0.880. The highest BCUT2D eigenvalue weighted by Gasteiger charge is 2.02. The van der Waals surface area contributed by atoms with Crippen molar-refractivity contribution in [1.29, 1.82) is 0 Å². The van der Waals surface area contributed by atoms with E-state index in [9.17, 15) is 0 Å². The minimum absolute atomic E-state index is 0.745. The van der Waals surface area contributed by atoms with E-state index in [1.54, 1.807) is 6.20 Å². The lowest BCUT2D eigenvalue weighted by molar-refractivity contribution is 1.15. The fourth-order valence-electron chi connectivity index (χ4n) is 1.21. The van der Waals surface area contributed by atoms with Crippen molar-refractivity contribution in [2.75, 3.05) is 5.32 Å². The number of aryl methyl sites for hydroxylation is 1. The van der Waals surface area contributed by atoms with Crippen LogP contribution in [0.1, 0.15) is 5.56 Å². The molecular formula is C11H9ClIN3. The maximum absolute atomic E-state index is 6.05. The van der Waals surface area contributed by atoms with Crippen LogP contribution in [0.5, 0.6) is 0 Å². The van der Waals surface area contributed by atoms with E-state index in [2.05, 4.69) is 37.9 Å². The van der Waals surface area contributed by atoms with Gasteiger partial charge in [0.2, 0.25) is 0 Å². The molecule has 0 saturated heterocycles. The summed E-state index contributed by atoms with van der Waals surface area (Å²) in [4.78, 5) is 8.09. The summed E-state index contributed by atoms with van der Waals surface area (Å²) in [6.07, 6.45) is 3.27. The average molecular weight is 346 g/mol. The molecule has 0 unspecified atom stereocenters. The molecule has 0 aliphatic carbocycles. The highest BCUT2D eigenvalue weighted by Crippen LogP contribution is 2.23. The topological polar surface area (TPSA) is 37.8 Å². The van der Waals surface area contributed by atoms with Crippen molar-refractivity contribution >= 4 is 45.7 Å². The van der Waals surface area contributed by atoms with Crippen LogP contribution >= 0.6 is 34.2 Å². The quantitative estimate of drug-likeness (QED) is 0.842. The Kier molecular flexibility index (Phi) is 3.60. The van der Waals surface area contributed by atoms with Crippen molar-refractivity contribution < 1.29 is 0 Å². The second-order valence-electron chi connectivity index (χ2n) is 3.31. The molecule has 0 atom stereocenters. The number of halogens is 2. The largest absolute Gasteiger partial charge is 0.339 e. The van der Waals surface area contributed by atoms with Gasteiger partial charge in [0, 0.05) is 16.9 Å². The molecule has 1 heterocycles. The van der Waals surface area contributed by atoms with Crippen molar-refractivity contribution in [1.82, 2.24) is 9.97 Å². The summed E-state index contributed by atoms with van der Waals surface area (Å²) < 4.78 is 0.969. The number of nitrogens with zero attached hydrogens (tertiary/aromatic N) is 2. The molecular weight excluding hydrogens is 336 g/mol. The van der Waals surface area contributed by atoms with Crippen LogP contribution in [0.4, 0.5) is 11.5 Å². The van der Waals surface area contributed by atoms with Crippen molar-refractivity contribution in [2.45, 2.75) is 6.92 Å². The van der Waals surface area contributed by atoms with Gasteiger partial charge < -0.3 is 5.32 Å². The van der Waals surface area contributed by atoms with Gasteiger partial charge >= 0.3 is 0 Å². The second-order valence-corrected chi connectivity index (χ2v) is 4.88. The molecule has 1 aromatic heterocycles. The summed E-state index contributed by atoms with van der Waals surface area (Å²) in [7, 11) is 0. The third-order valence-corrected chi connectivity index (χ3v) is 3.30. The van der Waals surface area contributed by atoms with E-state index in [0.29, 0.717) is 0 Å². The number of hydrogen-bond acceptors (Lipinski definition) is 3. The Morgan fingerprint density at radius 3 is 2.88 bits per heavy atom. The lowest BCUT2D eigenvalue weighted by Crippen LogP contribution is -1.96. The van der Waals surface area contributed by atoms with E-state index in [1.165, 1.54) is 6.33 Å². The predicted octanol–water partition coefficient (Wildman–Crippen LogP) is 3.79. The van der Waals surface area contributed by atoms with Crippen LogP contribution < -0.4 is 5.32 Å². The van der Waals surface area contributed by atoms with E-state index in [-0.39, 0.29) is 0 Å². The lowest BCUT2D eigenvalue weighted by atomic mass is 10.2. The van der Waals surface area contributed by atoms with Gasteiger partial charge in [-0.15, -0.1) is 0 Å². The normalized spacial score (nSPS) is 10.2. The number of anilines is 2. The van der Waals surface area contributed by atoms with Crippen LogP contribution in [-0.2, 0) is 0 Å². The third kappa shape index (κ3) is 2.62. The molecule has 1 aromatic carbocycles. The SMILES string of the molecule is Cc1ccc(Nc2ncncc2I)cc1Cl. The number of benzene rings is 1. The zero-order chi connectivity index (χ0) is 11.5. The molecule has 0 amide bonds. The molecule has 0 radical (unpaired) electrons. The summed E-state index contributed by atoms with van der Waals surface area (Å²) >= 11 is 8.23. The molecule has 0 bridgehead atoms. The summed E-state index contributed by atoms with van der Waals surface area (Å²) in [6, 6.07) is 5.83. The van der Waals surface area contributed by atoms with Crippen LogP contribution in [0.2, 0.25) is 5.02 Å². The van der Waals surface area contributed by atoms with Crippen molar-refractivity contribution in [3.8, 4) is 0 Å². The summed E-state index contributed by atoms with van der Waals surface area (Å²) in [5.41, 5.74) is 1.98. The highest BCUT2D eigenvalue weighted by molar-refractivity contribution is 14.1. The van der Waals surface area contributed by atoms with E-state index in [1.807, 2.05) is 25.1 Å². The summed E-state index contributed by atoms with van der Waals surface area (Å²) in [6.45, 7) is 1.97. The molecule has 1 N–H and O–H groups in total. The van der Waals surface area contributed by atoms with Gasteiger partial charge in [0.1, 0.15) is 12.1 Å². The van der Waals surface area contributed by atoms with Crippen LogP contribution in [0, 0.1) is 10.5 Å². The predicted molar refractivity (Wildman–Crippen MR) is 74.2 cm³/mol. The number of aromatic nitrogens is 2. The smallest absolute Gasteiger partial charge is 0.147 e. The van der Waals surface area contributed by atoms with E-state index in [4.69, 9.17) is 11.6 Å². The molecule has 0 saturated carbocycles. The van der Waals surface area contributed by atoms with Gasteiger partial charge in [-0.2, -0.15) is 0 Å². The second kappa shape index (κ2) is 4.97. The van der Waals surface area contributed by atoms with Gasteiger partial charge in [0.15, 0.2) is 0 Å². The number of hydrogen-bond donors (Lipinski definition) is 1. The minimum Gasteiger partial charge on any atom is -0.339 e. The van der Waals surface area contributed by atoms with Crippen molar-refractivity contribution in [3.05, 3.63) is 44.9 Å². The molecule has 0 spiro atoms. The zero-order valence-corrected chi connectivity index (χ0v) is 11.5. The molecule has 16 heavy (non-hydrogen) atoms. The van der Waals surface area contributed by atoms with E-state index in [0.717, 1.165) is 25.7 Å². The summed E-state index contributed by atoms with van der Waals surface area (Å²) in [5.74, 6) is 0.788. The fourth-order valence-corrected chi connectivity index (χ4v) is 1.83. The molecule has 0 aliphatic rings. The maximum Gasteiger partial charge on any atom is 0.147 e. The molecule has 2 aromatic rings. The Bertz CT molecular complexity index is 516. The van der Waals surface area contributed by atoms with Gasteiger partial charge in [-0.3, -0.25) is 0 Å². The van der Waals surface area contributed by atoms with Gasteiger partial charge in [-0.1, -0.05) is 17.7 Å². The first-order chi connectivity index (χ1) is 7.66. The first kappa shape index (κ1) is 11.6. The Balaban J connectivity index is 2.28. The Labute approximate surface area is 112 Å². The van der Waals surface area contributed by atoms with Crippen LogP contribution in [0.3, 0.4) is 0 Å². The van der Waals surface area contributed by atoms with Gasteiger partial charge in [0.05, 0.1) is 3.57 Å².